The number of rotatable bonds is 6. The molecule has 4 nitrogen and oxygen atoms in total. The van der Waals surface area contributed by atoms with Crippen LogP contribution >= 0.6 is 56.9 Å². The van der Waals surface area contributed by atoms with Gasteiger partial charge < -0.3 is 10.6 Å². The molecule has 2 N–H and O–H groups in total. The van der Waals surface area contributed by atoms with E-state index in [0.717, 1.165) is 28.3 Å². The standard InChI is InChI=1S/C26H18I2N2O2S/c27-19-11-3-5-13-21(19)29-25(31)17-9-1-7-15-23(17)33-24-16-8-2-10-18(24)26(32)30-22-14-6-4-12-20(22)28/h1-16H,(H,29,31)(H,30,32). The number of nitrogens with one attached hydrogen (secondary N) is 2. The van der Waals surface area contributed by atoms with Crippen molar-refractivity contribution in [3.8, 4) is 0 Å². The summed E-state index contributed by atoms with van der Waals surface area (Å²) in [6.07, 6.45) is 0. The lowest BCUT2D eigenvalue weighted by atomic mass is 10.2. The molecular weight excluding hydrogens is 658 g/mol. The van der Waals surface area contributed by atoms with Crippen LogP contribution in [0.5, 0.6) is 0 Å². The van der Waals surface area contributed by atoms with Crippen LogP contribution < -0.4 is 10.6 Å². The van der Waals surface area contributed by atoms with E-state index < -0.39 is 0 Å². The summed E-state index contributed by atoms with van der Waals surface area (Å²) in [7, 11) is 0. The molecule has 4 rings (SSSR count). The molecule has 0 saturated heterocycles. The van der Waals surface area contributed by atoms with Crippen LogP contribution in [0, 0.1) is 7.14 Å². The average Bonchev–Trinajstić information content (AvgIpc) is 2.82. The molecule has 0 aromatic heterocycles. The zero-order valence-corrected chi connectivity index (χ0v) is 22.3. The quantitative estimate of drug-likeness (QED) is 0.208. The van der Waals surface area contributed by atoms with Gasteiger partial charge in [0, 0.05) is 16.9 Å². The molecule has 7 heteroatoms. The van der Waals surface area contributed by atoms with Gasteiger partial charge in [0.1, 0.15) is 0 Å². The van der Waals surface area contributed by atoms with Crippen LogP contribution in [-0.4, -0.2) is 11.8 Å². The van der Waals surface area contributed by atoms with Crippen molar-refractivity contribution in [1.29, 1.82) is 0 Å². The van der Waals surface area contributed by atoms with Crippen LogP contribution in [0.3, 0.4) is 0 Å². The molecule has 4 aromatic rings. The zero-order valence-electron chi connectivity index (χ0n) is 17.2. The molecule has 0 aliphatic carbocycles. The lowest BCUT2D eigenvalue weighted by Gasteiger charge is -2.13. The summed E-state index contributed by atoms with van der Waals surface area (Å²) in [6.45, 7) is 0. The summed E-state index contributed by atoms with van der Waals surface area (Å²) in [5, 5.41) is 5.98. The van der Waals surface area contributed by atoms with E-state index in [1.165, 1.54) is 11.8 Å². The van der Waals surface area contributed by atoms with Gasteiger partial charge in [-0.05, 0) is 93.7 Å². The van der Waals surface area contributed by atoms with E-state index in [4.69, 9.17) is 0 Å². The van der Waals surface area contributed by atoms with Crippen molar-refractivity contribution in [2.75, 3.05) is 10.6 Å². The van der Waals surface area contributed by atoms with Gasteiger partial charge in [-0.2, -0.15) is 0 Å². The highest BCUT2D eigenvalue weighted by atomic mass is 127. The second-order valence-electron chi connectivity index (χ2n) is 6.96. The summed E-state index contributed by atoms with van der Waals surface area (Å²) in [6, 6.07) is 30.1. The number of halogens is 2. The van der Waals surface area contributed by atoms with Crippen molar-refractivity contribution in [1.82, 2.24) is 0 Å². The topological polar surface area (TPSA) is 58.2 Å². The second-order valence-corrected chi connectivity index (χ2v) is 10.4. The Morgan fingerprint density at radius 3 is 1.33 bits per heavy atom. The van der Waals surface area contributed by atoms with Crippen molar-refractivity contribution >= 4 is 80.1 Å². The van der Waals surface area contributed by atoms with Crippen molar-refractivity contribution < 1.29 is 9.59 Å². The Kier molecular flexibility index (Phi) is 8.05. The first-order valence-electron chi connectivity index (χ1n) is 10.0. The van der Waals surface area contributed by atoms with Gasteiger partial charge in [-0.15, -0.1) is 0 Å². The Balaban J connectivity index is 1.59. The first-order chi connectivity index (χ1) is 16.0. The van der Waals surface area contributed by atoms with Crippen LogP contribution in [0.2, 0.25) is 0 Å². The van der Waals surface area contributed by atoms with E-state index in [0.29, 0.717) is 11.1 Å². The molecule has 164 valence electrons. The Bertz CT molecular complexity index is 1230. The zero-order chi connectivity index (χ0) is 23.2. The second kappa shape index (κ2) is 11.2. The fourth-order valence-electron chi connectivity index (χ4n) is 3.11. The van der Waals surface area contributed by atoms with Gasteiger partial charge in [0.25, 0.3) is 11.8 Å². The van der Waals surface area contributed by atoms with Gasteiger partial charge in [-0.25, -0.2) is 0 Å². The van der Waals surface area contributed by atoms with Gasteiger partial charge in [0.2, 0.25) is 0 Å². The molecule has 0 bridgehead atoms. The molecule has 0 fully saturated rings. The predicted molar refractivity (Wildman–Crippen MR) is 151 cm³/mol. The van der Waals surface area contributed by atoms with Crippen LogP contribution in [0.4, 0.5) is 11.4 Å². The van der Waals surface area contributed by atoms with Crippen LogP contribution in [-0.2, 0) is 0 Å². The Labute approximate surface area is 223 Å². The molecule has 0 unspecified atom stereocenters. The first-order valence-corrected chi connectivity index (χ1v) is 13.0. The minimum atomic E-state index is -0.192. The number of hydrogen-bond donors (Lipinski definition) is 2. The van der Waals surface area contributed by atoms with Crippen LogP contribution in [0.25, 0.3) is 0 Å². The molecule has 4 aromatic carbocycles. The van der Waals surface area contributed by atoms with Gasteiger partial charge in [-0.1, -0.05) is 60.3 Å². The Morgan fingerprint density at radius 1 is 0.545 bits per heavy atom. The molecule has 0 saturated carbocycles. The van der Waals surface area contributed by atoms with Crippen molar-refractivity contribution in [3.63, 3.8) is 0 Å². The third kappa shape index (κ3) is 5.96. The van der Waals surface area contributed by atoms with E-state index in [2.05, 4.69) is 55.8 Å². The van der Waals surface area contributed by atoms with Crippen LogP contribution in [0.15, 0.2) is 107 Å². The smallest absolute Gasteiger partial charge is 0.256 e. The lowest BCUT2D eigenvalue weighted by Crippen LogP contribution is -2.15. The van der Waals surface area contributed by atoms with Gasteiger partial charge >= 0.3 is 0 Å². The monoisotopic (exact) mass is 676 g/mol. The summed E-state index contributed by atoms with van der Waals surface area (Å²) in [5.74, 6) is -0.383. The maximum absolute atomic E-state index is 13.1. The fourth-order valence-corrected chi connectivity index (χ4v) is 5.23. The average molecular weight is 676 g/mol. The Hall–Kier alpha value is -2.37. The molecule has 2 amide bonds. The third-order valence-corrected chi connectivity index (χ3v) is 7.76. The van der Waals surface area contributed by atoms with Gasteiger partial charge in [0.15, 0.2) is 0 Å². The maximum atomic E-state index is 13.1. The molecular formula is C26H18I2N2O2S. The first kappa shape index (κ1) is 23.8. The van der Waals surface area contributed by atoms with E-state index in [1.54, 1.807) is 12.1 Å². The van der Waals surface area contributed by atoms with Crippen LogP contribution in [0.1, 0.15) is 20.7 Å². The molecule has 0 atom stereocenters. The number of amides is 2. The highest BCUT2D eigenvalue weighted by Gasteiger charge is 2.17. The minimum Gasteiger partial charge on any atom is -0.321 e. The summed E-state index contributed by atoms with van der Waals surface area (Å²) < 4.78 is 1.93. The summed E-state index contributed by atoms with van der Waals surface area (Å²) in [5.41, 5.74) is 2.63. The van der Waals surface area contributed by atoms with Gasteiger partial charge in [0.05, 0.1) is 22.5 Å². The number of carbonyl (C=O) groups is 2. The number of carbonyl (C=O) groups excluding carboxylic acids is 2. The maximum Gasteiger partial charge on any atom is 0.256 e. The number of para-hydroxylation sites is 2. The highest BCUT2D eigenvalue weighted by molar-refractivity contribution is 14.1. The van der Waals surface area contributed by atoms with Crippen molar-refractivity contribution in [3.05, 3.63) is 115 Å². The summed E-state index contributed by atoms with van der Waals surface area (Å²) >= 11 is 5.80. The predicted octanol–water partition coefficient (Wildman–Crippen LogP) is 7.55. The SMILES string of the molecule is O=C(Nc1ccccc1I)c1ccccc1Sc1ccccc1C(=O)Nc1ccccc1I. The number of benzene rings is 4. The highest BCUT2D eigenvalue weighted by Crippen LogP contribution is 2.34. The molecule has 0 aliphatic rings. The van der Waals surface area contributed by atoms with E-state index in [9.17, 15) is 9.59 Å². The minimum absolute atomic E-state index is 0.192. The molecule has 33 heavy (non-hydrogen) atoms. The number of hydrogen-bond acceptors (Lipinski definition) is 3. The molecule has 0 heterocycles. The summed E-state index contributed by atoms with van der Waals surface area (Å²) in [4.78, 5) is 27.7. The Morgan fingerprint density at radius 2 is 0.909 bits per heavy atom. The molecule has 0 radical (unpaired) electrons. The van der Waals surface area contributed by atoms with E-state index >= 15 is 0 Å². The van der Waals surface area contributed by atoms with E-state index in [-0.39, 0.29) is 11.8 Å². The molecule has 0 aliphatic heterocycles. The number of anilines is 2. The normalized spacial score (nSPS) is 10.5. The largest absolute Gasteiger partial charge is 0.321 e. The molecule has 0 spiro atoms. The lowest BCUT2D eigenvalue weighted by molar-refractivity contribution is 0.101. The van der Waals surface area contributed by atoms with E-state index in [1.807, 2.05) is 84.9 Å². The third-order valence-electron chi connectivity index (χ3n) is 4.73. The van der Waals surface area contributed by atoms with Crippen molar-refractivity contribution in [2.45, 2.75) is 9.79 Å². The fraction of sp³-hybridized carbons (Fsp3) is 0. The van der Waals surface area contributed by atoms with Gasteiger partial charge in [-0.3, -0.25) is 9.59 Å². The van der Waals surface area contributed by atoms with Crippen molar-refractivity contribution in [2.24, 2.45) is 0 Å².